The Kier molecular flexibility index (Phi) is 7.32. The lowest BCUT2D eigenvalue weighted by Gasteiger charge is -2.25. The van der Waals surface area contributed by atoms with Crippen molar-refractivity contribution in [1.82, 2.24) is 4.90 Å². The molecule has 0 aromatic heterocycles. The first kappa shape index (κ1) is 24.2. The average Bonchev–Trinajstić information content (AvgIpc) is 3.12. The van der Waals surface area contributed by atoms with Crippen LogP contribution in [-0.4, -0.2) is 42.0 Å². The van der Waals surface area contributed by atoms with E-state index in [1.54, 1.807) is 19.2 Å². The number of aryl methyl sites for hydroxylation is 2. The summed E-state index contributed by atoms with van der Waals surface area (Å²) in [6, 6.07) is 22.1. The van der Waals surface area contributed by atoms with Gasteiger partial charge in [0.2, 0.25) is 0 Å². The van der Waals surface area contributed by atoms with Crippen molar-refractivity contribution in [3.63, 3.8) is 0 Å². The molecule has 1 aliphatic heterocycles. The second-order valence-corrected chi connectivity index (χ2v) is 8.65. The number of hydrogen-bond acceptors (Lipinski definition) is 5. The molecule has 6 heteroatoms. The molecule has 1 atom stereocenters. The first-order valence-corrected chi connectivity index (χ1v) is 11.5. The maximum atomic E-state index is 13.1. The van der Waals surface area contributed by atoms with Gasteiger partial charge >= 0.3 is 0 Å². The van der Waals surface area contributed by atoms with E-state index in [2.05, 4.69) is 0 Å². The number of hydrogen-bond donors (Lipinski definition) is 1. The smallest absolute Gasteiger partial charge is 0.295 e. The van der Waals surface area contributed by atoms with Crippen molar-refractivity contribution in [3.8, 4) is 5.75 Å². The minimum atomic E-state index is -0.701. The number of rotatable bonds is 8. The van der Waals surface area contributed by atoms with E-state index in [1.165, 1.54) is 4.90 Å². The molecular weight excluding hydrogens is 442 g/mol. The van der Waals surface area contributed by atoms with Gasteiger partial charge in [0, 0.05) is 19.2 Å². The summed E-state index contributed by atoms with van der Waals surface area (Å²) >= 11 is 0. The molecule has 1 heterocycles. The van der Waals surface area contributed by atoms with Gasteiger partial charge in [-0.05, 0) is 48.7 Å². The topological polar surface area (TPSA) is 76.1 Å². The van der Waals surface area contributed by atoms with Crippen LogP contribution in [0.2, 0.25) is 0 Å². The molecule has 35 heavy (non-hydrogen) atoms. The fourth-order valence-electron chi connectivity index (χ4n) is 4.27. The fourth-order valence-corrected chi connectivity index (χ4v) is 4.27. The number of Topliss-reactive ketones (excluding diaryl/α,β-unsaturated/α-hetero) is 1. The van der Waals surface area contributed by atoms with Crippen LogP contribution >= 0.6 is 0 Å². The zero-order chi connectivity index (χ0) is 24.9. The van der Waals surface area contributed by atoms with Crippen molar-refractivity contribution >= 4 is 17.4 Å². The molecule has 1 N–H and O–H groups in total. The van der Waals surface area contributed by atoms with Crippen LogP contribution in [0.4, 0.5) is 0 Å². The Hall–Kier alpha value is -3.90. The molecule has 3 aromatic rings. The van der Waals surface area contributed by atoms with Gasteiger partial charge in [-0.1, -0.05) is 60.2 Å². The van der Waals surface area contributed by atoms with Crippen LogP contribution in [0.25, 0.3) is 5.76 Å². The highest BCUT2D eigenvalue weighted by atomic mass is 16.5. The van der Waals surface area contributed by atoms with Crippen molar-refractivity contribution in [2.45, 2.75) is 26.5 Å². The summed E-state index contributed by atoms with van der Waals surface area (Å²) in [4.78, 5) is 27.5. The van der Waals surface area contributed by atoms with Gasteiger partial charge in [0.25, 0.3) is 11.7 Å². The number of carbonyl (C=O) groups is 2. The Morgan fingerprint density at radius 2 is 1.69 bits per heavy atom. The molecule has 0 bridgehead atoms. The maximum Gasteiger partial charge on any atom is 0.295 e. The van der Waals surface area contributed by atoms with Crippen molar-refractivity contribution in [3.05, 3.63) is 106 Å². The Labute approximate surface area is 205 Å². The minimum absolute atomic E-state index is 0.0796. The van der Waals surface area contributed by atoms with Gasteiger partial charge in [-0.25, -0.2) is 0 Å². The Bertz CT molecular complexity index is 1250. The summed E-state index contributed by atoms with van der Waals surface area (Å²) in [5.74, 6) is -0.887. The van der Waals surface area contributed by atoms with Gasteiger partial charge in [0.05, 0.1) is 18.2 Å². The first-order valence-electron chi connectivity index (χ1n) is 11.5. The molecule has 1 amide bonds. The highest BCUT2D eigenvalue weighted by Gasteiger charge is 2.45. The number of ether oxygens (including phenoxy) is 2. The van der Waals surface area contributed by atoms with Crippen LogP contribution in [0.15, 0.2) is 78.4 Å². The Morgan fingerprint density at radius 3 is 2.34 bits per heavy atom. The maximum absolute atomic E-state index is 13.1. The minimum Gasteiger partial charge on any atom is -0.507 e. The van der Waals surface area contributed by atoms with E-state index in [-0.39, 0.29) is 24.5 Å². The number of ketones is 1. The Morgan fingerprint density at radius 1 is 0.971 bits per heavy atom. The molecule has 0 spiro atoms. The van der Waals surface area contributed by atoms with E-state index in [0.717, 1.165) is 22.3 Å². The van der Waals surface area contributed by atoms with Crippen molar-refractivity contribution < 1.29 is 24.2 Å². The van der Waals surface area contributed by atoms with E-state index in [0.29, 0.717) is 17.9 Å². The third-order valence-electron chi connectivity index (χ3n) is 6.17. The van der Waals surface area contributed by atoms with Gasteiger partial charge in [-0.3, -0.25) is 9.59 Å². The molecule has 0 radical (unpaired) electrons. The zero-order valence-corrected chi connectivity index (χ0v) is 20.2. The predicted molar refractivity (Wildman–Crippen MR) is 134 cm³/mol. The van der Waals surface area contributed by atoms with Crippen LogP contribution in [0.5, 0.6) is 5.75 Å². The van der Waals surface area contributed by atoms with Crippen LogP contribution in [-0.2, 0) is 20.9 Å². The number of likely N-dealkylation sites (tertiary alicyclic amines) is 1. The van der Waals surface area contributed by atoms with E-state index in [4.69, 9.17) is 9.47 Å². The standard InChI is InChI=1S/C29H29NO5/c1-19-9-11-22(12-10-19)26-25(28(32)29(33)30(26)15-16-34-3)27(31)24-14-13-23(17-20(24)2)35-18-21-7-5-4-6-8-21/h4-14,17,26,31H,15-16,18H2,1-3H3/b27-25+/t26-/m0/s1. The molecule has 6 nitrogen and oxygen atoms in total. The number of nitrogens with zero attached hydrogens (tertiary/aromatic N) is 1. The molecule has 0 unspecified atom stereocenters. The highest BCUT2D eigenvalue weighted by molar-refractivity contribution is 6.46. The largest absolute Gasteiger partial charge is 0.507 e. The monoisotopic (exact) mass is 471 g/mol. The summed E-state index contributed by atoms with van der Waals surface area (Å²) in [6.07, 6.45) is 0. The fraction of sp³-hybridized carbons (Fsp3) is 0.241. The number of aliphatic hydroxyl groups is 1. The summed E-state index contributed by atoms with van der Waals surface area (Å²) in [5.41, 5.74) is 4.16. The molecule has 0 saturated carbocycles. The molecule has 1 fully saturated rings. The Balaban J connectivity index is 1.70. The molecule has 180 valence electrons. The summed E-state index contributed by atoms with van der Waals surface area (Å²) < 4.78 is 11.1. The van der Waals surface area contributed by atoms with Gasteiger partial charge < -0.3 is 19.5 Å². The second-order valence-electron chi connectivity index (χ2n) is 8.65. The van der Waals surface area contributed by atoms with E-state index in [1.807, 2.05) is 74.5 Å². The number of aliphatic hydroxyl groups excluding tert-OH is 1. The van der Waals surface area contributed by atoms with Crippen molar-refractivity contribution in [2.24, 2.45) is 0 Å². The van der Waals surface area contributed by atoms with Gasteiger partial charge in [0.1, 0.15) is 18.1 Å². The number of carbonyl (C=O) groups excluding carboxylic acids is 2. The SMILES string of the molecule is COCCN1C(=O)C(=O)/C(=C(/O)c2ccc(OCc3ccccc3)cc2C)[C@@H]1c1ccc(C)cc1. The molecule has 4 rings (SSSR count). The molecule has 0 aliphatic carbocycles. The van der Waals surface area contributed by atoms with Gasteiger partial charge in [-0.2, -0.15) is 0 Å². The summed E-state index contributed by atoms with van der Waals surface area (Å²) in [7, 11) is 1.54. The third kappa shape index (κ3) is 5.12. The number of methoxy groups -OCH3 is 1. The summed E-state index contributed by atoms with van der Waals surface area (Å²) in [6.45, 7) is 4.75. The van der Waals surface area contributed by atoms with E-state index < -0.39 is 17.7 Å². The van der Waals surface area contributed by atoms with Crippen LogP contribution in [0.1, 0.15) is 33.9 Å². The predicted octanol–water partition coefficient (Wildman–Crippen LogP) is 4.95. The van der Waals surface area contributed by atoms with E-state index >= 15 is 0 Å². The number of benzene rings is 3. The average molecular weight is 472 g/mol. The lowest BCUT2D eigenvalue weighted by Crippen LogP contribution is -2.32. The van der Waals surface area contributed by atoms with Crippen LogP contribution in [0, 0.1) is 13.8 Å². The lowest BCUT2D eigenvalue weighted by atomic mass is 9.93. The van der Waals surface area contributed by atoms with E-state index in [9.17, 15) is 14.7 Å². The lowest BCUT2D eigenvalue weighted by molar-refractivity contribution is -0.140. The van der Waals surface area contributed by atoms with Crippen LogP contribution < -0.4 is 4.74 Å². The highest BCUT2D eigenvalue weighted by Crippen LogP contribution is 2.40. The molecule has 1 aliphatic rings. The molecule has 3 aromatic carbocycles. The van der Waals surface area contributed by atoms with Gasteiger partial charge in [-0.15, -0.1) is 0 Å². The normalized spacial score (nSPS) is 17.1. The number of amides is 1. The van der Waals surface area contributed by atoms with Crippen LogP contribution in [0.3, 0.4) is 0 Å². The quantitative estimate of drug-likeness (QED) is 0.286. The van der Waals surface area contributed by atoms with Gasteiger partial charge in [0.15, 0.2) is 0 Å². The molecule has 1 saturated heterocycles. The van der Waals surface area contributed by atoms with Crippen molar-refractivity contribution in [1.29, 1.82) is 0 Å². The second kappa shape index (κ2) is 10.6. The first-order chi connectivity index (χ1) is 16.9. The van der Waals surface area contributed by atoms with Crippen molar-refractivity contribution in [2.75, 3.05) is 20.3 Å². The molecular formula is C29H29NO5. The summed E-state index contributed by atoms with van der Waals surface area (Å²) in [5, 5.41) is 11.3. The zero-order valence-electron chi connectivity index (χ0n) is 20.2. The third-order valence-corrected chi connectivity index (χ3v) is 6.17.